The van der Waals surface area contributed by atoms with E-state index >= 15 is 0 Å². The molecule has 1 N–H and O–H groups in total. The minimum atomic E-state index is -0.0678. The molecule has 6 heteroatoms. The Kier molecular flexibility index (Phi) is 4.58. The zero-order valence-electron chi connectivity index (χ0n) is 14.9. The summed E-state index contributed by atoms with van der Waals surface area (Å²) in [5, 5.41) is 2.98. The highest BCUT2D eigenvalue weighted by Gasteiger charge is 2.17. The molecule has 1 amide bonds. The van der Waals surface area contributed by atoms with E-state index in [2.05, 4.69) is 43.7 Å². The lowest BCUT2D eigenvalue weighted by Gasteiger charge is -2.33. The summed E-state index contributed by atoms with van der Waals surface area (Å²) in [6.45, 7) is 4.61. The molecule has 4 rings (SSSR count). The maximum atomic E-state index is 12.6. The quantitative estimate of drug-likeness (QED) is 0.783. The number of nitrogens with zero attached hydrogens (tertiary/aromatic N) is 4. The molecule has 3 aromatic heterocycles. The first-order valence-electron chi connectivity index (χ1n) is 8.92. The van der Waals surface area contributed by atoms with Gasteiger partial charge in [-0.1, -0.05) is 0 Å². The van der Waals surface area contributed by atoms with Crippen molar-refractivity contribution < 1.29 is 4.79 Å². The summed E-state index contributed by atoms with van der Waals surface area (Å²) in [5.41, 5.74) is 2.80. The van der Waals surface area contributed by atoms with Gasteiger partial charge in [-0.25, -0.2) is 0 Å². The number of fused-ring (bicyclic) bond motifs is 1. The van der Waals surface area contributed by atoms with E-state index in [0.29, 0.717) is 12.1 Å². The summed E-state index contributed by atoms with van der Waals surface area (Å²) in [4.78, 5) is 21.3. The lowest BCUT2D eigenvalue weighted by molar-refractivity contribution is 0.0950. The van der Waals surface area contributed by atoms with Gasteiger partial charge in [0, 0.05) is 56.8 Å². The number of pyridine rings is 2. The maximum absolute atomic E-state index is 12.6. The van der Waals surface area contributed by atoms with Crippen LogP contribution in [0.25, 0.3) is 5.52 Å². The molecule has 0 radical (unpaired) electrons. The van der Waals surface area contributed by atoms with Crippen LogP contribution >= 0.6 is 0 Å². The Morgan fingerprint density at radius 3 is 2.54 bits per heavy atom. The molecule has 0 aliphatic carbocycles. The molecule has 26 heavy (non-hydrogen) atoms. The molecule has 0 saturated carbocycles. The van der Waals surface area contributed by atoms with Gasteiger partial charge in [0.2, 0.25) is 0 Å². The van der Waals surface area contributed by atoms with Gasteiger partial charge in [-0.15, -0.1) is 0 Å². The monoisotopic (exact) mass is 349 g/mol. The van der Waals surface area contributed by atoms with Crippen LogP contribution in [0.3, 0.4) is 0 Å². The Balaban J connectivity index is 1.53. The summed E-state index contributed by atoms with van der Waals surface area (Å²) >= 11 is 0. The zero-order chi connectivity index (χ0) is 17.9. The predicted octanol–water partition coefficient (Wildman–Crippen LogP) is 2.02. The third kappa shape index (κ3) is 3.41. The van der Waals surface area contributed by atoms with E-state index in [4.69, 9.17) is 0 Å². The van der Waals surface area contributed by atoms with E-state index in [9.17, 15) is 4.79 Å². The van der Waals surface area contributed by atoms with Crippen molar-refractivity contribution in [2.75, 3.05) is 38.1 Å². The van der Waals surface area contributed by atoms with Crippen LogP contribution in [0.15, 0.2) is 55.0 Å². The first-order valence-corrected chi connectivity index (χ1v) is 8.92. The highest BCUT2D eigenvalue weighted by molar-refractivity contribution is 5.94. The van der Waals surface area contributed by atoms with Gasteiger partial charge in [0.05, 0.1) is 5.56 Å². The largest absolute Gasteiger partial charge is 0.355 e. The topological polar surface area (TPSA) is 52.9 Å². The van der Waals surface area contributed by atoms with E-state index in [0.717, 1.165) is 43.1 Å². The second-order valence-corrected chi connectivity index (χ2v) is 6.73. The molecule has 0 unspecified atom stereocenters. The fourth-order valence-corrected chi connectivity index (χ4v) is 3.30. The number of hydrogen-bond acceptors (Lipinski definition) is 4. The summed E-state index contributed by atoms with van der Waals surface area (Å²) in [6, 6.07) is 11.9. The van der Waals surface area contributed by atoms with Crippen molar-refractivity contribution in [3.05, 3.63) is 66.1 Å². The SMILES string of the molecule is CN1CCN(c2ccc3ccc(C(=O)NCc4ccncc4)cn23)CC1. The number of likely N-dealkylation sites (N-methyl/N-ethyl adjacent to an activating group) is 1. The number of piperazine rings is 1. The Hall–Kier alpha value is -2.86. The standard InChI is InChI=1S/C20H23N5O/c1-23-10-12-24(13-11-23)19-5-4-18-3-2-17(15-25(18)19)20(26)22-14-16-6-8-21-9-7-16/h2-9,15H,10-14H2,1H3,(H,22,26). The van der Waals surface area contributed by atoms with Crippen LogP contribution in [-0.2, 0) is 6.54 Å². The Bertz CT molecular complexity index is 897. The van der Waals surface area contributed by atoms with Crippen molar-refractivity contribution in [3.63, 3.8) is 0 Å². The van der Waals surface area contributed by atoms with Crippen LogP contribution in [-0.4, -0.2) is 53.4 Å². The highest BCUT2D eigenvalue weighted by Crippen LogP contribution is 2.21. The number of amides is 1. The van der Waals surface area contributed by atoms with Crippen LogP contribution in [0.4, 0.5) is 5.82 Å². The lowest BCUT2D eigenvalue weighted by atomic mass is 10.2. The zero-order valence-corrected chi connectivity index (χ0v) is 14.9. The summed E-state index contributed by atoms with van der Waals surface area (Å²) in [6.07, 6.45) is 5.40. The molecule has 134 valence electrons. The van der Waals surface area contributed by atoms with Crippen LogP contribution < -0.4 is 10.2 Å². The number of carbonyl (C=O) groups excluding carboxylic acids is 1. The lowest BCUT2D eigenvalue weighted by Crippen LogP contribution is -2.44. The van der Waals surface area contributed by atoms with Gasteiger partial charge in [0.1, 0.15) is 5.82 Å². The minimum Gasteiger partial charge on any atom is -0.355 e. The molecule has 0 atom stereocenters. The first-order chi connectivity index (χ1) is 12.7. The van der Waals surface area contributed by atoms with Gasteiger partial charge in [-0.2, -0.15) is 0 Å². The summed E-state index contributed by atoms with van der Waals surface area (Å²) in [7, 11) is 2.15. The molecule has 1 fully saturated rings. The predicted molar refractivity (Wildman–Crippen MR) is 103 cm³/mol. The summed E-state index contributed by atoms with van der Waals surface area (Å²) < 4.78 is 2.12. The Morgan fingerprint density at radius 2 is 1.77 bits per heavy atom. The molecule has 1 aliphatic heterocycles. The van der Waals surface area contributed by atoms with Crippen molar-refractivity contribution in [1.82, 2.24) is 19.6 Å². The highest BCUT2D eigenvalue weighted by atomic mass is 16.1. The number of rotatable bonds is 4. The van der Waals surface area contributed by atoms with E-state index in [-0.39, 0.29) is 5.91 Å². The van der Waals surface area contributed by atoms with Gasteiger partial charge in [0.25, 0.3) is 5.91 Å². The molecular weight excluding hydrogens is 326 g/mol. The number of hydrogen-bond donors (Lipinski definition) is 1. The smallest absolute Gasteiger partial charge is 0.253 e. The van der Waals surface area contributed by atoms with Gasteiger partial charge < -0.3 is 19.5 Å². The van der Waals surface area contributed by atoms with E-state index in [1.807, 2.05) is 30.5 Å². The van der Waals surface area contributed by atoms with Crippen molar-refractivity contribution in [2.24, 2.45) is 0 Å². The molecule has 0 aromatic carbocycles. The van der Waals surface area contributed by atoms with Crippen LogP contribution in [0, 0.1) is 0 Å². The van der Waals surface area contributed by atoms with Gasteiger partial charge in [-0.3, -0.25) is 9.78 Å². The second kappa shape index (κ2) is 7.17. The molecule has 4 heterocycles. The van der Waals surface area contributed by atoms with Crippen molar-refractivity contribution >= 4 is 17.2 Å². The number of carbonyl (C=O) groups is 1. The van der Waals surface area contributed by atoms with E-state index < -0.39 is 0 Å². The average Bonchev–Trinajstić information content (AvgIpc) is 3.11. The van der Waals surface area contributed by atoms with Crippen molar-refractivity contribution in [1.29, 1.82) is 0 Å². The van der Waals surface area contributed by atoms with Crippen LogP contribution in [0.5, 0.6) is 0 Å². The number of anilines is 1. The second-order valence-electron chi connectivity index (χ2n) is 6.73. The molecule has 6 nitrogen and oxygen atoms in total. The fraction of sp³-hybridized carbons (Fsp3) is 0.300. The molecule has 3 aromatic rings. The van der Waals surface area contributed by atoms with E-state index in [1.165, 1.54) is 0 Å². The number of nitrogens with one attached hydrogen (secondary N) is 1. The minimum absolute atomic E-state index is 0.0678. The average molecular weight is 349 g/mol. The molecule has 1 saturated heterocycles. The number of aromatic nitrogens is 2. The normalized spacial score (nSPS) is 15.3. The summed E-state index contributed by atoms with van der Waals surface area (Å²) in [5.74, 6) is 1.08. The van der Waals surface area contributed by atoms with Crippen LogP contribution in [0.1, 0.15) is 15.9 Å². The maximum Gasteiger partial charge on any atom is 0.253 e. The molecule has 0 bridgehead atoms. The first kappa shape index (κ1) is 16.6. The van der Waals surface area contributed by atoms with Crippen molar-refractivity contribution in [3.8, 4) is 0 Å². The third-order valence-electron chi connectivity index (χ3n) is 4.92. The van der Waals surface area contributed by atoms with E-state index in [1.54, 1.807) is 12.4 Å². The molecule has 0 spiro atoms. The molecule has 1 aliphatic rings. The van der Waals surface area contributed by atoms with Gasteiger partial charge >= 0.3 is 0 Å². The molecular formula is C20H23N5O. The van der Waals surface area contributed by atoms with Gasteiger partial charge in [-0.05, 0) is 49.0 Å². The fourth-order valence-electron chi connectivity index (χ4n) is 3.30. The van der Waals surface area contributed by atoms with Gasteiger partial charge in [0.15, 0.2) is 0 Å². The van der Waals surface area contributed by atoms with Crippen molar-refractivity contribution in [2.45, 2.75) is 6.54 Å². The third-order valence-corrected chi connectivity index (χ3v) is 4.92. The Morgan fingerprint density at radius 1 is 1.04 bits per heavy atom. The van der Waals surface area contributed by atoms with Crippen LogP contribution in [0.2, 0.25) is 0 Å². The Labute approximate surface area is 153 Å².